The lowest BCUT2D eigenvalue weighted by Gasteiger charge is -2.16. The first kappa shape index (κ1) is 14.1. The van der Waals surface area contributed by atoms with E-state index in [0.717, 1.165) is 0 Å². The minimum absolute atomic E-state index is 0.166. The Morgan fingerprint density at radius 1 is 1.53 bits per heavy atom. The lowest BCUT2D eigenvalue weighted by molar-refractivity contribution is 0.133. The van der Waals surface area contributed by atoms with Crippen LogP contribution in [-0.2, 0) is 21.8 Å². The number of rotatable bonds is 7. The van der Waals surface area contributed by atoms with Gasteiger partial charge < -0.3 is 10.5 Å². The van der Waals surface area contributed by atoms with Crippen molar-refractivity contribution in [2.75, 3.05) is 33.4 Å². The molecule has 1 aromatic rings. The zero-order valence-electron chi connectivity index (χ0n) is 10.0. The summed E-state index contributed by atoms with van der Waals surface area (Å²) in [6.45, 7) is 1.47. The number of nitrogens with zero attached hydrogens (tertiary/aromatic N) is 3. The monoisotopic (exact) mass is 262 g/mol. The predicted molar refractivity (Wildman–Crippen MR) is 62.9 cm³/mol. The Kier molecular flexibility index (Phi) is 5.06. The van der Waals surface area contributed by atoms with Gasteiger partial charge in [0, 0.05) is 27.2 Å². The van der Waals surface area contributed by atoms with E-state index in [1.807, 2.05) is 0 Å². The van der Waals surface area contributed by atoms with Gasteiger partial charge in [0.1, 0.15) is 0 Å². The molecule has 8 heteroatoms. The molecule has 0 aromatic carbocycles. The zero-order valence-corrected chi connectivity index (χ0v) is 10.9. The molecule has 1 rings (SSSR count). The maximum atomic E-state index is 12.1. The van der Waals surface area contributed by atoms with Crippen LogP contribution in [0.15, 0.2) is 17.3 Å². The summed E-state index contributed by atoms with van der Waals surface area (Å²) in [5.74, 6) is 0. The lowest BCUT2D eigenvalue weighted by atomic mass is 10.6. The summed E-state index contributed by atoms with van der Waals surface area (Å²) in [7, 11) is -0.394. The van der Waals surface area contributed by atoms with Gasteiger partial charge >= 0.3 is 0 Å². The summed E-state index contributed by atoms with van der Waals surface area (Å²) in [4.78, 5) is 0. The first-order chi connectivity index (χ1) is 8.00. The van der Waals surface area contributed by atoms with Gasteiger partial charge in [0.15, 0.2) is 5.03 Å². The van der Waals surface area contributed by atoms with Gasteiger partial charge in [-0.15, -0.1) is 0 Å². The highest BCUT2D eigenvalue weighted by molar-refractivity contribution is 7.89. The van der Waals surface area contributed by atoms with Crippen LogP contribution in [0.5, 0.6) is 0 Å². The molecule has 0 radical (unpaired) electrons. The minimum Gasteiger partial charge on any atom is -0.379 e. The van der Waals surface area contributed by atoms with E-state index in [9.17, 15) is 8.42 Å². The third-order valence-corrected chi connectivity index (χ3v) is 4.20. The Balaban J connectivity index is 2.62. The molecule has 1 heterocycles. The van der Waals surface area contributed by atoms with E-state index in [1.165, 1.54) is 28.3 Å². The molecule has 0 bridgehead atoms. The van der Waals surface area contributed by atoms with Crippen molar-refractivity contribution in [3.63, 3.8) is 0 Å². The highest BCUT2D eigenvalue weighted by Crippen LogP contribution is 2.11. The summed E-state index contributed by atoms with van der Waals surface area (Å²) in [5.41, 5.74) is 5.26. The van der Waals surface area contributed by atoms with Gasteiger partial charge in [-0.3, -0.25) is 4.68 Å². The van der Waals surface area contributed by atoms with Crippen molar-refractivity contribution in [2.24, 2.45) is 12.8 Å². The van der Waals surface area contributed by atoms with Crippen molar-refractivity contribution in [3.05, 3.63) is 12.3 Å². The van der Waals surface area contributed by atoms with E-state index in [0.29, 0.717) is 19.8 Å². The maximum Gasteiger partial charge on any atom is 0.260 e. The van der Waals surface area contributed by atoms with Gasteiger partial charge in [0.25, 0.3) is 10.0 Å². The van der Waals surface area contributed by atoms with Gasteiger partial charge in [0.05, 0.1) is 19.4 Å². The smallest absolute Gasteiger partial charge is 0.260 e. The number of likely N-dealkylation sites (N-methyl/N-ethyl adjacent to an activating group) is 1. The van der Waals surface area contributed by atoms with E-state index < -0.39 is 10.0 Å². The van der Waals surface area contributed by atoms with Gasteiger partial charge in [0.2, 0.25) is 0 Å². The molecule has 0 aliphatic rings. The quantitative estimate of drug-likeness (QED) is 0.638. The highest BCUT2D eigenvalue weighted by atomic mass is 32.2. The fourth-order valence-corrected chi connectivity index (χ4v) is 2.52. The van der Waals surface area contributed by atoms with Crippen LogP contribution in [0.25, 0.3) is 0 Å². The van der Waals surface area contributed by atoms with Crippen LogP contribution in [0, 0.1) is 0 Å². The van der Waals surface area contributed by atoms with Crippen LogP contribution in [0.4, 0.5) is 0 Å². The first-order valence-electron chi connectivity index (χ1n) is 5.22. The van der Waals surface area contributed by atoms with E-state index in [-0.39, 0.29) is 11.6 Å². The van der Waals surface area contributed by atoms with Crippen LogP contribution >= 0.6 is 0 Å². The molecular weight excluding hydrogens is 244 g/mol. The number of ether oxygens (including phenoxy) is 1. The van der Waals surface area contributed by atoms with Crippen molar-refractivity contribution in [1.82, 2.24) is 14.1 Å². The molecular formula is C9H18N4O3S. The largest absolute Gasteiger partial charge is 0.379 e. The third-order valence-electron chi connectivity index (χ3n) is 2.26. The fraction of sp³-hybridized carbons (Fsp3) is 0.667. The molecule has 0 amide bonds. The van der Waals surface area contributed by atoms with E-state index in [1.54, 1.807) is 7.05 Å². The molecule has 0 unspecified atom stereocenters. The zero-order chi connectivity index (χ0) is 12.9. The molecule has 0 aliphatic heterocycles. The molecule has 1 aromatic heterocycles. The second-order valence-corrected chi connectivity index (χ2v) is 5.51. The number of nitrogens with two attached hydrogens (primary N) is 1. The molecule has 0 saturated heterocycles. The normalized spacial score (nSPS) is 12.2. The predicted octanol–water partition coefficient (Wildman–Crippen LogP) is -0.984. The van der Waals surface area contributed by atoms with Crippen LogP contribution in [0.1, 0.15) is 0 Å². The number of hydrogen-bond acceptors (Lipinski definition) is 5. The van der Waals surface area contributed by atoms with Crippen LogP contribution in [-0.4, -0.2) is 55.9 Å². The summed E-state index contributed by atoms with van der Waals surface area (Å²) >= 11 is 0. The minimum atomic E-state index is -3.49. The van der Waals surface area contributed by atoms with Crippen molar-refractivity contribution in [2.45, 2.75) is 5.03 Å². The summed E-state index contributed by atoms with van der Waals surface area (Å²) < 4.78 is 31.8. The van der Waals surface area contributed by atoms with Crippen molar-refractivity contribution in [1.29, 1.82) is 0 Å². The Bertz CT molecular complexity index is 443. The number of aromatic nitrogens is 2. The maximum absolute atomic E-state index is 12.1. The number of hydrogen-bond donors (Lipinski definition) is 1. The van der Waals surface area contributed by atoms with Gasteiger partial charge in [-0.25, -0.2) is 8.42 Å². The molecule has 17 heavy (non-hydrogen) atoms. The second kappa shape index (κ2) is 6.10. The van der Waals surface area contributed by atoms with Gasteiger partial charge in [-0.2, -0.15) is 9.40 Å². The van der Waals surface area contributed by atoms with Crippen molar-refractivity contribution >= 4 is 10.0 Å². The first-order valence-corrected chi connectivity index (χ1v) is 6.66. The van der Waals surface area contributed by atoms with Crippen molar-refractivity contribution in [3.8, 4) is 0 Å². The van der Waals surface area contributed by atoms with E-state index in [2.05, 4.69) is 5.10 Å². The average Bonchev–Trinajstić information content (AvgIpc) is 2.71. The summed E-state index contributed by atoms with van der Waals surface area (Å²) in [6.07, 6.45) is 1.45. The average molecular weight is 262 g/mol. The molecule has 0 aliphatic carbocycles. The third kappa shape index (κ3) is 3.50. The SMILES string of the molecule is CN(CCOCCN)S(=O)(=O)c1ccnn1C. The topological polar surface area (TPSA) is 90.4 Å². The fourth-order valence-electron chi connectivity index (χ4n) is 1.27. The molecule has 7 nitrogen and oxygen atoms in total. The molecule has 2 N–H and O–H groups in total. The summed E-state index contributed by atoms with van der Waals surface area (Å²) in [5, 5.41) is 4.00. The standard InChI is InChI=1S/C9H18N4O3S/c1-12(6-8-16-7-4-10)17(14,15)9-3-5-11-13(9)2/h3,5H,4,6-8,10H2,1-2H3. The lowest BCUT2D eigenvalue weighted by Crippen LogP contribution is -2.32. The van der Waals surface area contributed by atoms with Gasteiger partial charge in [-0.05, 0) is 6.07 Å². The highest BCUT2D eigenvalue weighted by Gasteiger charge is 2.23. The van der Waals surface area contributed by atoms with Crippen molar-refractivity contribution < 1.29 is 13.2 Å². The van der Waals surface area contributed by atoms with E-state index >= 15 is 0 Å². The van der Waals surface area contributed by atoms with E-state index in [4.69, 9.17) is 10.5 Å². The Labute approximate surface area is 101 Å². The van der Waals surface area contributed by atoms with Crippen LogP contribution in [0.3, 0.4) is 0 Å². The Morgan fingerprint density at radius 3 is 2.76 bits per heavy atom. The Morgan fingerprint density at radius 2 is 2.24 bits per heavy atom. The molecule has 98 valence electrons. The van der Waals surface area contributed by atoms with Gasteiger partial charge in [-0.1, -0.05) is 0 Å². The summed E-state index contributed by atoms with van der Waals surface area (Å²) in [6, 6.07) is 1.46. The molecule has 0 fully saturated rings. The van der Waals surface area contributed by atoms with Crippen LogP contribution < -0.4 is 5.73 Å². The molecule has 0 saturated carbocycles. The Hall–Kier alpha value is -0.960. The number of aryl methyl sites for hydroxylation is 1. The second-order valence-electron chi connectivity index (χ2n) is 3.52. The molecule has 0 spiro atoms. The molecule has 0 atom stereocenters. The van der Waals surface area contributed by atoms with Crippen LogP contribution in [0.2, 0.25) is 0 Å². The number of sulfonamides is 1.